The van der Waals surface area contributed by atoms with Crippen LogP contribution in [0.4, 0.5) is 18.0 Å². The molecule has 1 heterocycles. The van der Waals surface area contributed by atoms with Crippen molar-refractivity contribution in [1.29, 1.82) is 5.26 Å². The molecule has 0 saturated carbocycles. The lowest BCUT2D eigenvalue weighted by molar-refractivity contribution is -0.138. The third-order valence-corrected chi connectivity index (χ3v) is 6.88. The number of nitrogens with zero attached hydrogens (tertiary/aromatic N) is 4. The predicted molar refractivity (Wildman–Crippen MR) is 140 cm³/mol. The third kappa shape index (κ3) is 8.82. The molecule has 2 amide bonds. The number of amides is 2. The van der Waals surface area contributed by atoms with Gasteiger partial charge in [0.15, 0.2) is 0 Å². The first kappa shape index (κ1) is 29.1. The van der Waals surface area contributed by atoms with Crippen molar-refractivity contribution in [3.05, 3.63) is 89.0 Å². The lowest BCUT2D eigenvalue weighted by Crippen LogP contribution is -2.36. The number of hydrogen-bond acceptors (Lipinski definition) is 5. The van der Waals surface area contributed by atoms with Crippen LogP contribution in [0.25, 0.3) is 0 Å². The molecule has 0 bridgehead atoms. The van der Waals surface area contributed by atoms with Gasteiger partial charge in [-0.25, -0.2) is 9.78 Å². The van der Waals surface area contributed by atoms with Gasteiger partial charge < -0.3 is 14.6 Å². The largest absolute Gasteiger partial charge is 0.416 e. The molecule has 0 fully saturated rings. The number of benzene rings is 2. The van der Waals surface area contributed by atoms with Crippen molar-refractivity contribution in [3.8, 4) is 6.07 Å². The molecule has 7 nitrogen and oxygen atoms in total. The Bertz CT molecular complexity index is 1210. The van der Waals surface area contributed by atoms with E-state index >= 15 is 0 Å². The molecule has 202 valence electrons. The molecule has 1 N–H and O–H groups in total. The average Bonchev–Trinajstić information content (AvgIpc) is 3.35. The minimum Gasteiger partial charge on any atom is -0.385 e. The first-order valence-electron chi connectivity index (χ1n) is 12.1. The highest BCUT2D eigenvalue weighted by Crippen LogP contribution is 2.31. The van der Waals surface area contributed by atoms with Crippen molar-refractivity contribution >= 4 is 18.0 Å². The van der Waals surface area contributed by atoms with Crippen molar-refractivity contribution in [2.75, 3.05) is 26.0 Å². The maximum Gasteiger partial charge on any atom is 0.416 e. The van der Waals surface area contributed by atoms with E-state index in [9.17, 15) is 18.0 Å². The predicted octanol–water partition coefficient (Wildman–Crippen LogP) is 5.65. The van der Waals surface area contributed by atoms with Gasteiger partial charge >= 0.3 is 12.2 Å². The van der Waals surface area contributed by atoms with Gasteiger partial charge in [0.05, 0.1) is 23.5 Å². The van der Waals surface area contributed by atoms with Gasteiger partial charge in [-0.05, 0) is 60.5 Å². The highest BCUT2D eigenvalue weighted by Gasteiger charge is 2.33. The van der Waals surface area contributed by atoms with Crippen molar-refractivity contribution in [3.63, 3.8) is 0 Å². The topological polar surface area (TPSA) is 83.2 Å². The van der Waals surface area contributed by atoms with E-state index in [-0.39, 0.29) is 12.1 Å². The SMILES string of the molecule is COCCCSN(CCCc1cncn1Cc1ccc(C#N)cc1)C(=O)NCc1ccccc1C(F)(F)F. The second-order valence-electron chi connectivity index (χ2n) is 8.52. The fourth-order valence-electron chi connectivity index (χ4n) is 3.80. The normalized spacial score (nSPS) is 11.2. The van der Waals surface area contributed by atoms with Gasteiger partial charge in [-0.3, -0.25) is 4.31 Å². The zero-order valence-corrected chi connectivity index (χ0v) is 21.9. The van der Waals surface area contributed by atoms with E-state index in [1.807, 2.05) is 16.7 Å². The van der Waals surface area contributed by atoms with Gasteiger partial charge in [0.1, 0.15) is 0 Å². The molecule has 0 saturated heterocycles. The number of hydrogen-bond donors (Lipinski definition) is 1. The summed E-state index contributed by atoms with van der Waals surface area (Å²) in [5.74, 6) is 0.636. The Morgan fingerprint density at radius 1 is 1.18 bits per heavy atom. The number of carbonyl (C=O) groups is 1. The van der Waals surface area contributed by atoms with E-state index in [4.69, 9.17) is 10.00 Å². The number of aryl methyl sites for hydroxylation is 1. The molecule has 38 heavy (non-hydrogen) atoms. The summed E-state index contributed by atoms with van der Waals surface area (Å²) in [5.41, 5.74) is 1.90. The molecule has 11 heteroatoms. The minimum absolute atomic E-state index is 0.0180. The number of alkyl halides is 3. The minimum atomic E-state index is -4.49. The number of carbonyl (C=O) groups excluding carboxylic acids is 1. The summed E-state index contributed by atoms with van der Waals surface area (Å²) in [7, 11) is 1.61. The molecule has 3 aromatic rings. The maximum atomic E-state index is 13.3. The first-order valence-corrected chi connectivity index (χ1v) is 13.1. The van der Waals surface area contributed by atoms with Crippen LogP contribution < -0.4 is 5.32 Å². The van der Waals surface area contributed by atoms with Crippen molar-refractivity contribution in [2.45, 2.75) is 38.5 Å². The zero-order chi connectivity index (χ0) is 27.4. The summed E-state index contributed by atoms with van der Waals surface area (Å²) in [6.07, 6.45) is 1.08. The van der Waals surface area contributed by atoms with Crippen LogP contribution in [0.2, 0.25) is 0 Å². The van der Waals surface area contributed by atoms with Gasteiger partial charge in [-0.2, -0.15) is 18.4 Å². The van der Waals surface area contributed by atoms with Crippen LogP contribution in [0.3, 0.4) is 0 Å². The van der Waals surface area contributed by atoms with Gasteiger partial charge in [0, 0.05) is 51.0 Å². The molecular formula is C27H30F3N5O2S. The molecular weight excluding hydrogens is 515 g/mol. The molecule has 0 aliphatic heterocycles. The van der Waals surface area contributed by atoms with Gasteiger partial charge in [-0.15, -0.1) is 0 Å². The quantitative estimate of drug-likeness (QED) is 0.222. The molecule has 0 atom stereocenters. The first-order chi connectivity index (χ1) is 18.3. The Labute approximate surface area is 224 Å². The molecule has 0 spiro atoms. The second-order valence-corrected chi connectivity index (χ2v) is 9.63. The summed E-state index contributed by atoms with van der Waals surface area (Å²) < 4.78 is 48.6. The van der Waals surface area contributed by atoms with E-state index in [2.05, 4.69) is 16.4 Å². The smallest absolute Gasteiger partial charge is 0.385 e. The Morgan fingerprint density at radius 2 is 1.95 bits per heavy atom. The van der Waals surface area contributed by atoms with Crippen LogP contribution in [-0.2, 0) is 30.4 Å². The Morgan fingerprint density at radius 3 is 2.66 bits per heavy atom. The average molecular weight is 546 g/mol. The van der Waals surface area contributed by atoms with E-state index in [0.29, 0.717) is 43.9 Å². The zero-order valence-electron chi connectivity index (χ0n) is 21.1. The van der Waals surface area contributed by atoms with Crippen molar-refractivity contribution < 1.29 is 22.7 Å². The number of nitriles is 1. The summed E-state index contributed by atoms with van der Waals surface area (Å²) in [4.78, 5) is 17.2. The van der Waals surface area contributed by atoms with E-state index in [1.165, 1.54) is 30.1 Å². The Kier molecular flexibility index (Phi) is 11.1. The van der Waals surface area contributed by atoms with Crippen LogP contribution in [-0.4, -0.2) is 45.9 Å². The van der Waals surface area contributed by atoms with Crippen LogP contribution in [0, 0.1) is 11.3 Å². The standard InChI is InChI=1S/C27H30F3N5O2S/c1-37-14-5-15-38-35(26(36)33-17-23-6-2-3-8-25(23)27(28,29)30)13-4-7-24-18-32-20-34(24)19-22-11-9-21(16-31)10-12-22/h2-3,6,8-12,18,20H,4-5,7,13-15,17,19H2,1H3,(H,33,36). The molecule has 2 aromatic carbocycles. The number of urea groups is 1. The summed E-state index contributed by atoms with van der Waals surface area (Å²) in [5, 5.41) is 11.6. The number of halogens is 3. The third-order valence-electron chi connectivity index (χ3n) is 5.75. The number of methoxy groups -OCH3 is 1. The summed E-state index contributed by atoms with van der Waals surface area (Å²) in [6, 6.07) is 14.3. The van der Waals surface area contributed by atoms with E-state index < -0.39 is 17.8 Å². The van der Waals surface area contributed by atoms with Gasteiger partial charge in [0.25, 0.3) is 0 Å². The fraction of sp³-hybridized carbons (Fsp3) is 0.370. The molecule has 0 radical (unpaired) electrons. The molecule has 0 aliphatic rings. The molecule has 3 rings (SSSR count). The second kappa shape index (κ2) is 14.4. The number of rotatable bonds is 13. The lowest BCUT2D eigenvalue weighted by atomic mass is 10.1. The van der Waals surface area contributed by atoms with E-state index in [1.54, 1.807) is 36.1 Å². The Balaban J connectivity index is 1.59. The summed E-state index contributed by atoms with van der Waals surface area (Å²) in [6.45, 7) is 1.35. The van der Waals surface area contributed by atoms with Crippen molar-refractivity contribution in [2.24, 2.45) is 0 Å². The van der Waals surface area contributed by atoms with E-state index in [0.717, 1.165) is 23.7 Å². The fourth-order valence-corrected chi connectivity index (χ4v) is 4.70. The number of aromatic nitrogens is 2. The number of imidazole rings is 1. The van der Waals surface area contributed by atoms with Crippen LogP contribution in [0.5, 0.6) is 0 Å². The maximum absolute atomic E-state index is 13.3. The van der Waals surface area contributed by atoms with Crippen molar-refractivity contribution in [1.82, 2.24) is 19.2 Å². The molecule has 0 unspecified atom stereocenters. The highest BCUT2D eigenvalue weighted by atomic mass is 32.2. The Hall–Kier alpha value is -3.49. The number of nitrogens with one attached hydrogen (secondary N) is 1. The monoisotopic (exact) mass is 545 g/mol. The molecule has 1 aromatic heterocycles. The lowest BCUT2D eigenvalue weighted by Gasteiger charge is -2.22. The van der Waals surface area contributed by atoms with Crippen LogP contribution in [0.1, 0.15) is 40.8 Å². The number of ether oxygens (including phenoxy) is 1. The van der Waals surface area contributed by atoms with Gasteiger partial charge in [-0.1, -0.05) is 30.3 Å². The highest BCUT2D eigenvalue weighted by molar-refractivity contribution is 7.97. The van der Waals surface area contributed by atoms with Crippen LogP contribution in [0.15, 0.2) is 61.1 Å². The molecule has 0 aliphatic carbocycles. The van der Waals surface area contributed by atoms with Gasteiger partial charge in [0.2, 0.25) is 0 Å². The van der Waals surface area contributed by atoms with Crippen LogP contribution >= 0.6 is 11.9 Å². The summed E-state index contributed by atoms with van der Waals surface area (Å²) >= 11 is 1.33.